The molecule has 0 bridgehead atoms. The number of likely N-dealkylation sites (N-methyl/N-ethyl adjacent to an activating group) is 1. The summed E-state index contributed by atoms with van der Waals surface area (Å²) in [6, 6.07) is 0.467. The molecule has 1 heterocycles. The lowest BCUT2D eigenvalue weighted by molar-refractivity contribution is 0.0368. The lowest BCUT2D eigenvalue weighted by atomic mass is 10.1. The highest BCUT2D eigenvalue weighted by Crippen LogP contribution is 2.24. The van der Waals surface area contributed by atoms with Gasteiger partial charge in [-0.05, 0) is 25.8 Å². The average Bonchev–Trinajstić information content (AvgIpc) is 2.65. The molecule has 1 saturated heterocycles. The van der Waals surface area contributed by atoms with Gasteiger partial charge in [0.25, 0.3) is 0 Å². The maximum Gasteiger partial charge on any atom is 0.0695 e. The van der Waals surface area contributed by atoms with Crippen LogP contribution in [0.15, 0.2) is 0 Å². The third-order valence-corrected chi connectivity index (χ3v) is 3.77. The Balaban J connectivity index is 1.82. The molecule has 14 heavy (non-hydrogen) atoms. The molecule has 2 unspecified atom stereocenters. The monoisotopic (exact) mass is 198 g/mol. The summed E-state index contributed by atoms with van der Waals surface area (Å²) in [6.07, 6.45) is 3.37. The molecular weight excluding hydrogens is 176 g/mol. The molecule has 0 aromatic carbocycles. The Hall–Kier alpha value is -0.120. The minimum absolute atomic E-state index is 0.0526. The van der Waals surface area contributed by atoms with Crippen molar-refractivity contribution in [2.45, 2.75) is 38.3 Å². The van der Waals surface area contributed by atoms with Crippen LogP contribution in [0.3, 0.4) is 0 Å². The molecule has 3 nitrogen and oxygen atoms in total. The lowest BCUT2D eigenvalue weighted by Crippen LogP contribution is -2.52. The van der Waals surface area contributed by atoms with Crippen molar-refractivity contribution >= 4 is 0 Å². The van der Waals surface area contributed by atoms with E-state index in [-0.39, 0.29) is 6.10 Å². The number of hydrogen-bond donors (Lipinski definition) is 1. The summed E-state index contributed by atoms with van der Waals surface area (Å²) in [5.41, 5.74) is 0. The molecular formula is C11H22N2O. The average molecular weight is 198 g/mol. The van der Waals surface area contributed by atoms with Gasteiger partial charge in [-0.2, -0.15) is 0 Å². The number of rotatable bonds is 2. The van der Waals surface area contributed by atoms with Gasteiger partial charge in [-0.25, -0.2) is 0 Å². The molecule has 2 atom stereocenters. The van der Waals surface area contributed by atoms with Gasteiger partial charge in [-0.3, -0.25) is 4.90 Å². The van der Waals surface area contributed by atoms with Crippen LogP contribution in [0.25, 0.3) is 0 Å². The molecule has 0 spiro atoms. The van der Waals surface area contributed by atoms with Gasteiger partial charge in [0.05, 0.1) is 6.10 Å². The number of aliphatic hydroxyl groups excluding tert-OH is 1. The van der Waals surface area contributed by atoms with Gasteiger partial charge < -0.3 is 10.0 Å². The van der Waals surface area contributed by atoms with Gasteiger partial charge in [0.1, 0.15) is 0 Å². The van der Waals surface area contributed by atoms with Crippen LogP contribution in [0, 0.1) is 0 Å². The fourth-order valence-electron chi connectivity index (χ4n) is 2.76. The lowest BCUT2D eigenvalue weighted by Gasteiger charge is -2.38. The maximum atomic E-state index is 9.81. The van der Waals surface area contributed by atoms with Gasteiger partial charge in [0.2, 0.25) is 0 Å². The van der Waals surface area contributed by atoms with Gasteiger partial charge in [-0.1, -0.05) is 6.92 Å². The van der Waals surface area contributed by atoms with Crippen LogP contribution in [-0.4, -0.2) is 59.8 Å². The van der Waals surface area contributed by atoms with Crippen LogP contribution < -0.4 is 0 Å². The maximum absolute atomic E-state index is 9.81. The van der Waals surface area contributed by atoms with E-state index in [9.17, 15) is 5.11 Å². The minimum Gasteiger partial charge on any atom is -0.391 e. The van der Waals surface area contributed by atoms with Crippen molar-refractivity contribution in [3.63, 3.8) is 0 Å². The molecule has 82 valence electrons. The van der Waals surface area contributed by atoms with Gasteiger partial charge in [-0.15, -0.1) is 0 Å². The first-order chi connectivity index (χ1) is 6.81. The second kappa shape index (κ2) is 4.60. The molecule has 1 aliphatic carbocycles. The van der Waals surface area contributed by atoms with Crippen molar-refractivity contribution in [2.24, 2.45) is 0 Å². The van der Waals surface area contributed by atoms with E-state index in [1.54, 1.807) is 0 Å². The molecule has 2 aliphatic rings. The fourth-order valence-corrected chi connectivity index (χ4v) is 2.76. The zero-order valence-electron chi connectivity index (χ0n) is 9.15. The van der Waals surface area contributed by atoms with E-state index in [0.717, 1.165) is 19.5 Å². The first-order valence-corrected chi connectivity index (χ1v) is 5.95. The van der Waals surface area contributed by atoms with Crippen molar-refractivity contribution in [2.75, 3.05) is 32.7 Å². The second-order valence-corrected chi connectivity index (χ2v) is 4.54. The van der Waals surface area contributed by atoms with E-state index in [1.165, 1.54) is 32.5 Å². The van der Waals surface area contributed by atoms with Crippen molar-refractivity contribution in [3.05, 3.63) is 0 Å². The van der Waals surface area contributed by atoms with E-state index < -0.39 is 0 Å². The van der Waals surface area contributed by atoms with Crippen LogP contribution in [0.4, 0.5) is 0 Å². The standard InChI is InChI=1S/C11H22N2O/c1-2-12-6-8-13(9-7-12)10-4-3-5-11(10)14/h10-11,14H,2-9H2,1H3. The Morgan fingerprint density at radius 3 is 2.36 bits per heavy atom. The Kier molecular flexibility index (Phi) is 3.42. The zero-order valence-corrected chi connectivity index (χ0v) is 9.15. The van der Waals surface area contributed by atoms with Crippen molar-refractivity contribution < 1.29 is 5.11 Å². The number of piperazine rings is 1. The molecule has 3 heteroatoms. The largest absolute Gasteiger partial charge is 0.391 e. The minimum atomic E-state index is -0.0526. The second-order valence-electron chi connectivity index (χ2n) is 4.54. The summed E-state index contributed by atoms with van der Waals surface area (Å²) >= 11 is 0. The topological polar surface area (TPSA) is 26.7 Å². The van der Waals surface area contributed by atoms with Crippen LogP contribution in [-0.2, 0) is 0 Å². The Morgan fingerprint density at radius 2 is 1.86 bits per heavy atom. The van der Waals surface area contributed by atoms with E-state index in [4.69, 9.17) is 0 Å². The van der Waals surface area contributed by atoms with Gasteiger partial charge >= 0.3 is 0 Å². The molecule has 1 saturated carbocycles. The van der Waals surface area contributed by atoms with Crippen LogP contribution in [0.5, 0.6) is 0 Å². The van der Waals surface area contributed by atoms with Crippen LogP contribution in [0.2, 0.25) is 0 Å². The normalized spacial score (nSPS) is 36.4. The first kappa shape index (κ1) is 10.4. The summed E-state index contributed by atoms with van der Waals surface area (Å²) in [7, 11) is 0. The number of nitrogens with zero attached hydrogens (tertiary/aromatic N) is 2. The fraction of sp³-hybridized carbons (Fsp3) is 1.00. The van der Waals surface area contributed by atoms with Crippen LogP contribution >= 0.6 is 0 Å². The van der Waals surface area contributed by atoms with E-state index in [2.05, 4.69) is 16.7 Å². The smallest absolute Gasteiger partial charge is 0.0695 e. The summed E-state index contributed by atoms with van der Waals surface area (Å²) in [4.78, 5) is 4.97. The highest BCUT2D eigenvalue weighted by Gasteiger charge is 2.31. The van der Waals surface area contributed by atoms with E-state index in [0.29, 0.717) is 6.04 Å². The van der Waals surface area contributed by atoms with E-state index >= 15 is 0 Å². The van der Waals surface area contributed by atoms with Crippen molar-refractivity contribution in [1.82, 2.24) is 9.80 Å². The molecule has 1 aliphatic heterocycles. The highest BCUT2D eigenvalue weighted by atomic mass is 16.3. The molecule has 2 fully saturated rings. The summed E-state index contributed by atoms with van der Waals surface area (Å²) in [5, 5.41) is 9.81. The highest BCUT2D eigenvalue weighted by molar-refractivity contribution is 4.87. The third-order valence-electron chi connectivity index (χ3n) is 3.77. The number of aliphatic hydroxyl groups is 1. The predicted molar refractivity (Wildman–Crippen MR) is 57.3 cm³/mol. The van der Waals surface area contributed by atoms with E-state index in [1.807, 2.05) is 0 Å². The summed E-state index contributed by atoms with van der Waals surface area (Å²) in [5.74, 6) is 0. The zero-order chi connectivity index (χ0) is 9.97. The Bertz CT molecular complexity index is 178. The molecule has 0 amide bonds. The Labute approximate surface area is 86.7 Å². The van der Waals surface area contributed by atoms with Crippen molar-refractivity contribution in [3.8, 4) is 0 Å². The third kappa shape index (κ3) is 2.10. The van der Waals surface area contributed by atoms with Gasteiger partial charge in [0, 0.05) is 32.2 Å². The molecule has 2 rings (SSSR count). The summed E-state index contributed by atoms with van der Waals surface area (Å²) in [6.45, 7) is 8.05. The van der Waals surface area contributed by atoms with Gasteiger partial charge in [0.15, 0.2) is 0 Å². The molecule has 0 aromatic heterocycles. The van der Waals surface area contributed by atoms with Crippen molar-refractivity contribution in [1.29, 1.82) is 0 Å². The Morgan fingerprint density at radius 1 is 1.14 bits per heavy atom. The number of hydrogen-bond acceptors (Lipinski definition) is 3. The first-order valence-electron chi connectivity index (χ1n) is 5.95. The molecule has 0 radical (unpaired) electrons. The quantitative estimate of drug-likeness (QED) is 0.701. The SMILES string of the molecule is CCN1CCN(C2CCCC2O)CC1. The predicted octanol–water partition coefficient (Wildman–Crippen LogP) is 0.537. The summed E-state index contributed by atoms with van der Waals surface area (Å²) < 4.78 is 0. The molecule has 1 N–H and O–H groups in total. The van der Waals surface area contributed by atoms with Crippen LogP contribution in [0.1, 0.15) is 26.2 Å². The molecule has 0 aromatic rings.